The highest BCUT2D eigenvalue weighted by Crippen LogP contribution is 2.30. The number of halogens is 2. The van der Waals surface area contributed by atoms with E-state index in [0.29, 0.717) is 25.9 Å². The molecule has 0 saturated carbocycles. The van der Waals surface area contributed by atoms with Crippen molar-refractivity contribution in [1.29, 1.82) is 0 Å². The van der Waals surface area contributed by atoms with Crippen molar-refractivity contribution in [2.45, 2.75) is 19.4 Å². The fourth-order valence-electron chi connectivity index (χ4n) is 1.83. The normalized spacial score (nSPS) is 10.8. The average molecular weight is 298 g/mol. The van der Waals surface area contributed by atoms with Crippen molar-refractivity contribution in [2.24, 2.45) is 5.73 Å². The molecule has 2 N–H and O–H groups in total. The minimum Gasteiger partial charge on any atom is -0.330 e. The molecule has 2 rings (SSSR count). The number of nitrogens with two attached hydrogens (primary N) is 1. The van der Waals surface area contributed by atoms with E-state index in [-0.39, 0.29) is 5.82 Å². The Morgan fingerprint density at radius 2 is 2.10 bits per heavy atom. The van der Waals surface area contributed by atoms with Gasteiger partial charge in [-0.25, -0.2) is 9.07 Å². The van der Waals surface area contributed by atoms with Crippen LogP contribution in [-0.2, 0) is 6.54 Å². The summed E-state index contributed by atoms with van der Waals surface area (Å²) in [5.74, 6) is -2.45. The van der Waals surface area contributed by atoms with Crippen LogP contribution >= 0.6 is 0 Å². The Labute approximate surface area is 117 Å². The molecule has 0 saturated heterocycles. The number of nitrogens with zero attached hydrogens (tertiary/aromatic N) is 5. The zero-order chi connectivity index (χ0) is 15.4. The number of hydrogen-bond donors (Lipinski definition) is 1. The van der Waals surface area contributed by atoms with Crippen LogP contribution in [0, 0.1) is 21.7 Å². The van der Waals surface area contributed by atoms with E-state index in [1.54, 1.807) is 0 Å². The van der Waals surface area contributed by atoms with E-state index in [2.05, 4.69) is 15.5 Å². The molecule has 0 bridgehead atoms. The summed E-state index contributed by atoms with van der Waals surface area (Å²) in [5.41, 5.74) is 3.92. The van der Waals surface area contributed by atoms with Crippen LogP contribution in [0.5, 0.6) is 0 Å². The molecule has 0 aliphatic rings. The summed E-state index contributed by atoms with van der Waals surface area (Å²) in [7, 11) is 0. The van der Waals surface area contributed by atoms with E-state index < -0.39 is 27.8 Å². The van der Waals surface area contributed by atoms with Gasteiger partial charge in [-0.1, -0.05) is 0 Å². The summed E-state index contributed by atoms with van der Waals surface area (Å²) in [4.78, 5) is 9.79. The van der Waals surface area contributed by atoms with Crippen molar-refractivity contribution < 1.29 is 13.7 Å². The third-order valence-corrected chi connectivity index (χ3v) is 2.85. The lowest BCUT2D eigenvalue weighted by Gasteiger charge is -2.06. The summed E-state index contributed by atoms with van der Waals surface area (Å²) in [6.45, 7) is 0.776. The number of nitro benzene ring substituents is 1. The van der Waals surface area contributed by atoms with E-state index in [1.165, 1.54) is 4.68 Å². The Morgan fingerprint density at radius 3 is 2.76 bits per heavy atom. The Hall–Kier alpha value is -2.49. The summed E-state index contributed by atoms with van der Waals surface area (Å²) in [5, 5.41) is 21.3. The number of rotatable bonds is 6. The fourth-order valence-corrected chi connectivity index (χ4v) is 1.83. The third-order valence-electron chi connectivity index (χ3n) is 2.85. The SMILES string of the molecule is NCCCCn1nnnc1-c1c(F)ccc([N+](=O)[O-])c1F. The summed E-state index contributed by atoms with van der Waals surface area (Å²) >= 11 is 0. The smallest absolute Gasteiger partial charge is 0.305 e. The number of unbranched alkanes of at least 4 members (excludes halogenated alkanes) is 1. The van der Waals surface area contributed by atoms with Crippen LogP contribution in [0.1, 0.15) is 12.8 Å². The molecule has 1 aromatic carbocycles. The monoisotopic (exact) mass is 298 g/mol. The maximum absolute atomic E-state index is 14.1. The number of hydrogen-bond acceptors (Lipinski definition) is 6. The van der Waals surface area contributed by atoms with Crippen molar-refractivity contribution in [3.63, 3.8) is 0 Å². The average Bonchev–Trinajstić information content (AvgIpc) is 2.87. The van der Waals surface area contributed by atoms with Gasteiger partial charge in [-0.15, -0.1) is 5.10 Å². The quantitative estimate of drug-likeness (QED) is 0.488. The highest BCUT2D eigenvalue weighted by Gasteiger charge is 2.26. The Kier molecular flexibility index (Phi) is 4.48. The van der Waals surface area contributed by atoms with Crippen molar-refractivity contribution in [2.75, 3.05) is 6.54 Å². The van der Waals surface area contributed by atoms with Gasteiger partial charge in [0.2, 0.25) is 5.82 Å². The molecule has 0 spiro atoms. The molecule has 1 aromatic heterocycles. The van der Waals surface area contributed by atoms with Crippen molar-refractivity contribution >= 4 is 5.69 Å². The van der Waals surface area contributed by atoms with Crippen molar-refractivity contribution in [3.05, 3.63) is 33.9 Å². The molecule has 0 radical (unpaired) electrons. The van der Waals surface area contributed by atoms with Crippen LogP contribution < -0.4 is 5.73 Å². The number of benzene rings is 1. The minimum absolute atomic E-state index is 0.189. The molecule has 0 aliphatic carbocycles. The lowest BCUT2D eigenvalue weighted by Crippen LogP contribution is -2.08. The molecule has 0 unspecified atom stereocenters. The lowest BCUT2D eigenvalue weighted by molar-refractivity contribution is -0.387. The second-order valence-corrected chi connectivity index (χ2v) is 4.23. The zero-order valence-electron chi connectivity index (χ0n) is 10.9. The topological polar surface area (TPSA) is 113 Å². The van der Waals surface area contributed by atoms with Crippen LogP contribution in [0.15, 0.2) is 12.1 Å². The van der Waals surface area contributed by atoms with Gasteiger partial charge in [0.05, 0.1) is 10.5 Å². The zero-order valence-corrected chi connectivity index (χ0v) is 10.9. The van der Waals surface area contributed by atoms with E-state index in [4.69, 9.17) is 5.73 Å². The third kappa shape index (κ3) is 2.99. The largest absolute Gasteiger partial charge is 0.330 e. The number of aromatic nitrogens is 4. The predicted octanol–water partition coefficient (Wildman–Crippen LogP) is 1.27. The van der Waals surface area contributed by atoms with Gasteiger partial charge in [0.25, 0.3) is 0 Å². The van der Waals surface area contributed by atoms with Gasteiger partial charge >= 0.3 is 5.69 Å². The first-order valence-electron chi connectivity index (χ1n) is 6.15. The van der Waals surface area contributed by atoms with Crippen LogP contribution in [0.4, 0.5) is 14.5 Å². The first kappa shape index (κ1) is 14.9. The maximum Gasteiger partial charge on any atom is 0.305 e. The first-order valence-corrected chi connectivity index (χ1v) is 6.15. The van der Waals surface area contributed by atoms with E-state index >= 15 is 0 Å². The lowest BCUT2D eigenvalue weighted by atomic mass is 10.1. The number of tetrazole rings is 1. The standard InChI is InChI=1S/C11H12F2N6O2/c12-7-3-4-8(19(20)21)10(13)9(7)11-15-16-17-18(11)6-2-1-5-14/h3-4H,1-2,5-6,14H2. The number of nitro groups is 1. The molecule has 10 heteroatoms. The van der Waals surface area contributed by atoms with Crippen molar-refractivity contribution in [3.8, 4) is 11.4 Å². The van der Waals surface area contributed by atoms with Gasteiger partial charge in [-0.2, -0.15) is 4.39 Å². The number of aryl methyl sites for hydroxylation is 1. The fraction of sp³-hybridized carbons (Fsp3) is 0.364. The van der Waals surface area contributed by atoms with Crippen LogP contribution in [0.25, 0.3) is 11.4 Å². The van der Waals surface area contributed by atoms with Crippen molar-refractivity contribution in [1.82, 2.24) is 20.2 Å². The molecule has 0 fully saturated rings. The summed E-state index contributed by atoms with van der Waals surface area (Å²) in [6, 6.07) is 1.58. The summed E-state index contributed by atoms with van der Waals surface area (Å²) < 4.78 is 29.1. The molecular weight excluding hydrogens is 286 g/mol. The summed E-state index contributed by atoms with van der Waals surface area (Å²) in [6.07, 6.45) is 1.31. The van der Waals surface area contributed by atoms with E-state index in [0.717, 1.165) is 12.1 Å². The predicted molar refractivity (Wildman–Crippen MR) is 68.1 cm³/mol. The molecule has 8 nitrogen and oxygen atoms in total. The Morgan fingerprint density at radius 1 is 1.33 bits per heavy atom. The van der Waals surface area contributed by atoms with Crippen LogP contribution in [0.3, 0.4) is 0 Å². The molecule has 2 aromatic rings. The second kappa shape index (κ2) is 6.31. The van der Waals surface area contributed by atoms with Gasteiger partial charge in [0.15, 0.2) is 5.82 Å². The Balaban J connectivity index is 2.45. The van der Waals surface area contributed by atoms with E-state index in [1.807, 2.05) is 0 Å². The molecule has 112 valence electrons. The van der Waals surface area contributed by atoms with Gasteiger partial charge in [-0.3, -0.25) is 10.1 Å². The molecule has 21 heavy (non-hydrogen) atoms. The van der Waals surface area contributed by atoms with E-state index in [9.17, 15) is 18.9 Å². The molecule has 1 heterocycles. The highest BCUT2D eigenvalue weighted by atomic mass is 19.1. The molecule has 0 amide bonds. The molecular formula is C11H12F2N6O2. The van der Waals surface area contributed by atoms with Gasteiger partial charge < -0.3 is 5.73 Å². The minimum atomic E-state index is -1.30. The van der Waals surface area contributed by atoms with Gasteiger partial charge in [0, 0.05) is 12.6 Å². The van der Waals surface area contributed by atoms with Crippen LogP contribution in [0.2, 0.25) is 0 Å². The maximum atomic E-state index is 14.1. The highest BCUT2D eigenvalue weighted by molar-refractivity contribution is 5.61. The molecule has 0 atom stereocenters. The molecule has 0 aliphatic heterocycles. The van der Waals surface area contributed by atoms with Gasteiger partial charge in [0.1, 0.15) is 5.82 Å². The van der Waals surface area contributed by atoms with Gasteiger partial charge in [-0.05, 0) is 35.9 Å². The first-order chi connectivity index (χ1) is 10.1. The Bertz CT molecular complexity index is 660. The second-order valence-electron chi connectivity index (χ2n) is 4.23. The van der Waals surface area contributed by atoms with Crippen LogP contribution in [-0.4, -0.2) is 31.7 Å².